The standard InChI is InChI=1S/C14H18N4O2S2/c19-22(20,11-1-2-11)17-10-4-7-18(8-5-10)14-16-12-9-15-6-3-13(12)21-14/h3,6,9-11,17H,1-2,4-5,7-8H2. The van der Waals surface area contributed by atoms with Crippen LogP contribution >= 0.6 is 11.3 Å². The minimum Gasteiger partial charge on any atom is -0.348 e. The van der Waals surface area contributed by atoms with Crippen LogP contribution in [0.15, 0.2) is 18.5 Å². The van der Waals surface area contributed by atoms with Crippen LogP contribution in [0.2, 0.25) is 0 Å². The van der Waals surface area contributed by atoms with Crippen LogP contribution in [-0.2, 0) is 10.0 Å². The molecule has 0 atom stereocenters. The average Bonchev–Trinajstić information content (AvgIpc) is 3.28. The summed E-state index contributed by atoms with van der Waals surface area (Å²) in [6, 6.07) is 2.05. The third kappa shape index (κ3) is 2.82. The van der Waals surface area contributed by atoms with Gasteiger partial charge in [0.25, 0.3) is 0 Å². The average molecular weight is 338 g/mol. The number of pyridine rings is 1. The number of sulfonamides is 1. The molecular formula is C14H18N4O2S2. The Morgan fingerprint density at radius 2 is 2.00 bits per heavy atom. The van der Waals surface area contributed by atoms with Gasteiger partial charge in [-0.2, -0.15) is 0 Å². The summed E-state index contributed by atoms with van der Waals surface area (Å²) in [6.07, 6.45) is 6.86. The first kappa shape index (κ1) is 14.3. The summed E-state index contributed by atoms with van der Waals surface area (Å²) in [6.45, 7) is 1.68. The Morgan fingerprint density at radius 3 is 2.68 bits per heavy atom. The van der Waals surface area contributed by atoms with E-state index in [2.05, 4.69) is 19.6 Å². The van der Waals surface area contributed by atoms with Crippen LogP contribution in [0.3, 0.4) is 0 Å². The molecule has 118 valence electrons. The summed E-state index contributed by atoms with van der Waals surface area (Å²) in [5.41, 5.74) is 0.930. The molecule has 1 aliphatic heterocycles. The van der Waals surface area contributed by atoms with E-state index in [4.69, 9.17) is 0 Å². The normalized spacial score (nSPS) is 20.6. The predicted molar refractivity (Wildman–Crippen MR) is 87.7 cm³/mol. The lowest BCUT2D eigenvalue weighted by atomic mass is 10.1. The zero-order chi connectivity index (χ0) is 15.2. The topological polar surface area (TPSA) is 75.2 Å². The minimum atomic E-state index is -3.08. The molecule has 3 heterocycles. The Balaban J connectivity index is 1.41. The molecule has 2 aromatic heterocycles. The lowest BCUT2D eigenvalue weighted by Gasteiger charge is -2.31. The molecule has 1 aliphatic carbocycles. The van der Waals surface area contributed by atoms with Crippen molar-refractivity contribution in [2.45, 2.75) is 37.0 Å². The Morgan fingerprint density at radius 1 is 1.23 bits per heavy atom. The van der Waals surface area contributed by atoms with Crippen molar-refractivity contribution < 1.29 is 8.42 Å². The summed E-state index contributed by atoms with van der Waals surface area (Å²) < 4.78 is 28.0. The molecule has 0 aromatic carbocycles. The molecule has 4 rings (SSSR count). The van der Waals surface area contributed by atoms with Crippen LogP contribution in [0, 0.1) is 0 Å². The fourth-order valence-corrected chi connectivity index (χ4v) is 5.43. The predicted octanol–water partition coefficient (Wildman–Crippen LogP) is 1.74. The second kappa shape index (κ2) is 5.43. The van der Waals surface area contributed by atoms with Gasteiger partial charge in [0.1, 0.15) is 5.52 Å². The van der Waals surface area contributed by atoms with Gasteiger partial charge >= 0.3 is 0 Å². The van der Waals surface area contributed by atoms with E-state index >= 15 is 0 Å². The summed E-state index contributed by atoms with van der Waals surface area (Å²) in [4.78, 5) is 11.0. The molecule has 0 spiro atoms. The van der Waals surface area contributed by atoms with Crippen molar-refractivity contribution in [3.05, 3.63) is 18.5 Å². The van der Waals surface area contributed by atoms with E-state index in [1.54, 1.807) is 23.7 Å². The number of hydrogen-bond donors (Lipinski definition) is 1. The maximum absolute atomic E-state index is 12.0. The molecule has 0 bridgehead atoms. The molecule has 0 radical (unpaired) electrons. The van der Waals surface area contributed by atoms with Gasteiger partial charge in [-0.3, -0.25) is 4.98 Å². The molecule has 2 fully saturated rings. The van der Waals surface area contributed by atoms with Crippen molar-refractivity contribution in [1.29, 1.82) is 0 Å². The van der Waals surface area contributed by atoms with Gasteiger partial charge in [-0.05, 0) is 31.7 Å². The second-order valence-corrected chi connectivity index (χ2v) is 8.96. The van der Waals surface area contributed by atoms with Gasteiger partial charge < -0.3 is 4.90 Å². The van der Waals surface area contributed by atoms with Crippen LogP contribution in [0.25, 0.3) is 10.2 Å². The van der Waals surface area contributed by atoms with Crippen LogP contribution in [-0.4, -0.2) is 42.8 Å². The number of nitrogens with one attached hydrogen (secondary N) is 1. The van der Waals surface area contributed by atoms with Crippen LogP contribution in [0.5, 0.6) is 0 Å². The lowest BCUT2D eigenvalue weighted by Crippen LogP contribution is -2.45. The molecule has 6 nitrogen and oxygen atoms in total. The van der Waals surface area contributed by atoms with Crippen molar-refractivity contribution in [2.24, 2.45) is 0 Å². The second-order valence-electron chi connectivity index (χ2n) is 5.96. The third-order valence-electron chi connectivity index (χ3n) is 4.24. The molecule has 2 aliphatic rings. The van der Waals surface area contributed by atoms with Gasteiger partial charge in [0.2, 0.25) is 10.0 Å². The smallest absolute Gasteiger partial charge is 0.214 e. The molecule has 1 saturated heterocycles. The van der Waals surface area contributed by atoms with Gasteiger partial charge in [0, 0.05) is 25.3 Å². The fourth-order valence-electron chi connectivity index (χ4n) is 2.80. The van der Waals surface area contributed by atoms with E-state index in [0.29, 0.717) is 0 Å². The summed E-state index contributed by atoms with van der Waals surface area (Å²) in [5, 5.41) is 0.869. The number of anilines is 1. The zero-order valence-electron chi connectivity index (χ0n) is 12.1. The Hall–Kier alpha value is -1.25. The van der Waals surface area contributed by atoms with Gasteiger partial charge in [-0.1, -0.05) is 11.3 Å². The number of fused-ring (bicyclic) bond motifs is 1. The van der Waals surface area contributed by atoms with Crippen molar-refractivity contribution in [3.63, 3.8) is 0 Å². The molecule has 8 heteroatoms. The van der Waals surface area contributed by atoms with Gasteiger partial charge in [0.05, 0.1) is 16.1 Å². The highest BCUT2D eigenvalue weighted by Crippen LogP contribution is 2.31. The largest absolute Gasteiger partial charge is 0.348 e. The van der Waals surface area contributed by atoms with E-state index in [0.717, 1.165) is 54.1 Å². The number of aromatic nitrogens is 2. The zero-order valence-corrected chi connectivity index (χ0v) is 13.7. The SMILES string of the molecule is O=S(=O)(NC1CCN(c2nc3cnccc3s2)CC1)C1CC1. The van der Waals surface area contributed by atoms with Gasteiger partial charge in [0.15, 0.2) is 5.13 Å². The fraction of sp³-hybridized carbons (Fsp3) is 0.571. The quantitative estimate of drug-likeness (QED) is 0.919. The summed E-state index contributed by atoms with van der Waals surface area (Å²) >= 11 is 1.67. The van der Waals surface area contributed by atoms with E-state index < -0.39 is 10.0 Å². The number of rotatable bonds is 4. The Bertz CT molecular complexity index is 744. The van der Waals surface area contributed by atoms with Gasteiger partial charge in [-0.15, -0.1) is 0 Å². The van der Waals surface area contributed by atoms with Gasteiger partial charge in [-0.25, -0.2) is 18.1 Å². The first-order valence-electron chi connectivity index (χ1n) is 7.58. The Kier molecular flexibility index (Phi) is 3.54. The number of nitrogens with zero attached hydrogens (tertiary/aromatic N) is 3. The highest BCUT2D eigenvalue weighted by molar-refractivity contribution is 7.90. The van der Waals surface area contributed by atoms with Crippen molar-refractivity contribution in [1.82, 2.24) is 14.7 Å². The molecule has 0 unspecified atom stereocenters. The first-order chi connectivity index (χ1) is 10.6. The highest BCUT2D eigenvalue weighted by atomic mass is 32.2. The molecule has 1 N–H and O–H groups in total. The lowest BCUT2D eigenvalue weighted by molar-refractivity contribution is 0.459. The van der Waals surface area contributed by atoms with E-state index in [9.17, 15) is 8.42 Å². The number of hydrogen-bond acceptors (Lipinski definition) is 6. The van der Waals surface area contributed by atoms with Crippen molar-refractivity contribution in [3.8, 4) is 0 Å². The summed E-state index contributed by atoms with van der Waals surface area (Å²) in [5.74, 6) is 0. The van der Waals surface area contributed by atoms with Crippen LogP contribution in [0.1, 0.15) is 25.7 Å². The van der Waals surface area contributed by atoms with Crippen molar-refractivity contribution in [2.75, 3.05) is 18.0 Å². The number of piperidine rings is 1. The first-order valence-corrected chi connectivity index (χ1v) is 9.95. The third-order valence-corrected chi connectivity index (χ3v) is 7.35. The summed E-state index contributed by atoms with van der Waals surface area (Å²) in [7, 11) is -3.08. The minimum absolute atomic E-state index is 0.0675. The molecule has 0 amide bonds. The molecule has 1 saturated carbocycles. The van der Waals surface area contributed by atoms with E-state index in [1.807, 2.05) is 6.07 Å². The van der Waals surface area contributed by atoms with E-state index in [1.165, 1.54) is 0 Å². The van der Waals surface area contributed by atoms with Crippen LogP contribution in [0.4, 0.5) is 5.13 Å². The maximum Gasteiger partial charge on any atom is 0.214 e. The Labute approximate surface area is 133 Å². The molecule has 2 aromatic rings. The monoisotopic (exact) mass is 338 g/mol. The van der Waals surface area contributed by atoms with Crippen LogP contribution < -0.4 is 9.62 Å². The van der Waals surface area contributed by atoms with Crippen molar-refractivity contribution >= 4 is 36.7 Å². The molecular weight excluding hydrogens is 320 g/mol. The highest BCUT2D eigenvalue weighted by Gasteiger charge is 2.37. The van der Waals surface area contributed by atoms with E-state index in [-0.39, 0.29) is 11.3 Å². The maximum atomic E-state index is 12.0. The molecule has 22 heavy (non-hydrogen) atoms. The number of thiazole rings is 1.